The number of aromatic hydroxyl groups is 1. The van der Waals surface area contributed by atoms with Crippen molar-refractivity contribution < 1.29 is 29.2 Å². The SMILES string of the molecule is O=C(Cn1c2c(sc1=O)[C@@H](c1ccccc1O)C1C(=O)N(c3ccc([N+](=O)[O-])cc3)C(=O)C1S2)N1CCOCC1. The first-order valence-corrected chi connectivity index (χ1v) is 14.1. The number of ether oxygens (including phenoxy) is 1. The van der Waals surface area contributed by atoms with Crippen molar-refractivity contribution in [1.82, 2.24) is 9.47 Å². The molecule has 3 atom stereocenters. The van der Waals surface area contributed by atoms with Gasteiger partial charge in [-0.25, -0.2) is 4.90 Å². The Morgan fingerprint density at radius 2 is 1.75 bits per heavy atom. The Balaban J connectivity index is 1.43. The van der Waals surface area contributed by atoms with Crippen molar-refractivity contribution in [3.63, 3.8) is 0 Å². The number of carbonyl (C=O) groups excluding carboxylic acids is 3. The number of benzene rings is 2. The normalized spacial score (nSPS) is 22.2. The highest BCUT2D eigenvalue weighted by Gasteiger charge is 2.57. The highest BCUT2D eigenvalue weighted by Crippen LogP contribution is 2.55. The molecule has 14 heteroatoms. The molecule has 206 valence electrons. The van der Waals surface area contributed by atoms with E-state index in [9.17, 15) is 34.4 Å². The van der Waals surface area contributed by atoms with Crippen LogP contribution in [-0.4, -0.2) is 68.8 Å². The first-order chi connectivity index (χ1) is 19.3. The number of phenolic OH excluding ortho intramolecular Hbond substituents is 1. The third kappa shape index (κ3) is 4.28. The Bertz CT molecular complexity index is 1590. The minimum Gasteiger partial charge on any atom is -0.508 e. The van der Waals surface area contributed by atoms with Gasteiger partial charge in [-0.2, -0.15) is 0 Å². The van der Waals surface area contributed by atoms with Crippen LogP contribution in [0.1, 0.15) is 16.4 Å². The Labute approximate surface area is 234 Å². The third-order valence-corrected chi connectivity index (χ3v) is 9.90. The lowest BCUT2D eigenvalue weighted by Gasteiger charge is -2.31. The molecule has 0 saturated carbocycles. The molecule has 4 heterocycles. The van der Waals surface area contributed by atoms with Crippen LogP contribution < -0.4 is 9.77 Å². The molecule has 0 spiro atoms. The van der Waals surface area contributed by atoms with Crippen molar-refractivity contribution in [3.8, 4) is 5.75 Å². The zero-order valence-corrected chi connectivity index (χ0v) is 22.4. The number of nitro groups is 1. The number of aromatic nitrogens is 1. The third-order valence-electron chi connectivity index (χ3n) is 7.30. The maximum atomic E-state index is 13.9. The number of non-ortho nitro benzene ring substituents is 1. The number of thioether (sulfide) groups is 1. The number of amides is 3. The molecule has 12 nitrogen and oxygen atoms in total. The van der Waals surface area contributed by atoms with Crippen LogP contribution in [0.15, 0.2) is 58.4 Å². The number of fused-ring (bicyclic) bond motifs is 2. The highest BCUT2D eigenvalue weighted by atomic mass is 32.2. The number of hydrogen-bond acceptors (Lipinski definition) is 10. The summed E-state index contributed by atoms with van der Waals surface area (Å²) in [6.07, 6.45) is 0. The summed E-state index contributed by atoms with van der Waals surface area (Å²) >= 11 is 1.96. The zero-order valence-electron chi connectivity index (χ0n) is 20.8. The van der Waals surface area contributed by atoms with E-state index in [0.717, 1.165) is 28.0 Å². The van der Waals surface area contributed by atoms with Gasteiger partial charge < -0.3 is 14.7 Å². The topological polar surface area (TPSA) is 152 Å². The number of hydrogen-bond donors (Lipinski definition) is 1. The van der Waals surface area contributed by atoms with Crippen molar-refractivity contribution in [2.75, 3.05) is 31.2 Å². The summed E-state index contributed by atoms with van der Waals surface area (Å²) in [5.74, 6) is -3.19. The number of morpholine rings is 1. The fourth-order valence-corrected chi connectivity index (χ4v) is 8.13. The molecule has 2 fully saturated rings. The lowest BCUT2D eigenvalue weighted by molar-refractivity contribution is -0.384. The largest absolute Gasteiger partial charge is 0.508 e. The van der Waals surface area contributed by atoms with Crippen molar-refractivity contribution in [1.29, 1.82) is 0 Å². The summed E-state index contributed by atoms with van der Waals surface area (Å²) < 4.78 is 6.66. The Hall–Kier alpha value is -4.01. The van der Waals surface area contributed by atoms with Gasteiger partial charge in [-0.15, -0.1) is 0 Å². The Morgan fingerprint density at radius 3 is 2.42 bits per heavy atom. The average molecular weight is 583 g/mol. The lowest BCUT2D eigenvalue weighted by atomic mass is 9.82. The van der Waals surface area contributed by atoms with Crippen LogP contribution in [0.4, 0.5) is 11.4 Å². The van der Waals surface area contributed by atoms with Crippen LogP contribution >= 0.6 is 23.1 Å². The summed E-state index contributed by atoms with van der Waals surface area (Å²) in [6.45, 7) is 1.42. The monoisotopic (exact) mass is 582 g/mol. The molecule has 1 N–H and O–H groups in total. The van der Waals surface area contributed by atoms with E-state index >= 15 is 0 Å². The maximum absolute atomic E-state index is 13.9. The fourth-order valence-electron chi connectivity index (χ4n) is 5.37. The lowest BCUT2D eigenvalue weighted by Crippen LogP contribution is -2.43. The van der Waals surface area contributed by atoms with Gasteiger partial charge in [-0.1, -0.05) is 41.3 Å². The number of thiazole rings is 1. The number of para-hydroxylation sites is 1. The molecule has 3 aromatic rings. The Morgan fingerprint density at radius 1 is 1.05 bits per heavy atom. The number of imide groups is 1. The molecule has 2 unspecified atom stereocenters. The summed E-state index contributed by atoms with van der Waals surface area (Å²) in [5.41, 5.74) is 0.395. The number of nitrogens with zero attached hydrogens (tertiary/aromatic N) is 4. The van der Waals surface area contributed by atoms with E-state index in [1.54, 1.807) is 23.1 Å². The van der Waals surface area contributed by atoms with Crippen molar-refractivity contribution in [3.05, 3.63) is 78.8 Å². The van der Waals surface area contributed by atoms with Crippen LogP contribution in [0.2, 0.25) is 0 Å². The predicted octanol–water partition coefficient (Wildman–Crippen LogP) is 2.18. The number of phenols is 1. The summed E-state index contributed by atoms with van der Waals surface area (Å²) in [7, 11) is 0. The molecular formula is C26H22N4O8S2. The average Bonchev–Trinajstić information content (AvgIpc) is 3.40. The molecule has 3 aliphatic heterocycles. The molecule has 0 radical (unpaired) electrons. The number of nitro benzene ring substituents is 1. The van der Waals surface area contributed by atoms with Crippen LogP contribution in [0.5, 0.6) is 5.75 Å². The van der Waals surface area contributed by atoms with Gasteiger partial charge in [0.25, 0.3) is 5.69 Å². The predicted molar refractivity (Wildman–Crippen MR) is 145 cm³/mol. The second-order valence-electron chi connectivity index (χ2n) is 9.50. The van der Waals surface area contributed by atoms with Crippen molar-refractivity contribution in [2.24, 2.45) is 5.92 Å². The van der Waals surface area contributed by atoms with E-state index < -0.39 is 38.7 Å². The van der Waals surface area contributed by atoms with Crippen LogP contribution in [0, 0.1) is 16.0 Å². The van der Waals surface area contributed by atoms with Crippen LogP contribution in [-0.2, 0) is 25.7 Å². The second-order valence-corrected chi connectivity index (χ2v) is 11.6. The molecule has 2 aromatic carbocycles. The van der Waals surface area contributed by atoms with E-state index in [0.29, 0.717) is 41.8 Å². The van der Waals surface area contributed by atoms with Gasteiger partial charge in [-0.05, 0) is 18.2 Å². The summed E-state index contributed by atoms with van der Waals surface area (Å²) in [4.78, 5) is 67.2. The standard InChI is InChI=1S/C26H22N4O8S2/c31-17-4-2-1-3-16(17)19-20-21(24(34)29(23(20)33)14-5-7-15(8-6-14)30(36)37)39-25-22(19)40-26(35)28(25)13-18(32)27-9-11-38-12-10-27/h1-8,19-21,31H,9-13H2/t19-,20?,21?/m0/s1. The molecule has 1 aromatic heterocycles. The molecular weight excluding hydrogens is 560 g/mol. The van der Waals surface area contributed by atoms with E-state index in [-0.39, 0.29) is 29.6 Å². The maximum Gasteiger partial charge on any atom is 0.308 e. The molecule has 3 amide bonds. The van der Waals surface area contributed by atoms with Gasteiger partial charge >= 0.3 is 4.87 Å². The van der Waals surface area contributed by atoms with Gasteiger partial charge in [0.15, 0.2) is 0 Å². The van der Waals surface area contributed by atoms with Crippen LogP contribution in [0.25, 0.3) is 0 Å². The second kappa shape index (κ2) is 10.2. The minimum atomic E-state index is -0.949. The molecule has 6 rings (SSSR count). The minimum absolute atomic E-state index is 0.0880. The molecule has 0 aliphatic carbocycles. The Kier molecular flexibility index (Phi) is 6.68. The van der Waals surface area contributed by atoms with Crippen molar-refractivity contribution >= 4 is 52.2 Å². The summed E-state index contributed by atoms with van der Waals surface area (Å²) in [5, 5.41) is 21.4. The highest BCUT2D eigenvalue weighted by molar-refractivity contribution is 8.00. The van der Waals surface area contributed by atoms with Crippen molar-refractivity contribution in [2.45, 2.75) is 22.7 Å². The zero-order chi connectivity index (χ0) is 28.1. The smallest absolute Gasteiger partial charge is 0.308 e. The van der Waals surface area contributed by atoms with Gasteiger partial charge in [-0.3, -0.25) is 33.9 Å². The first-order valence-electron chi connectivity index (χ1n) is 12.4. The van der Waals surface area contributed by atoms with Gasteiger partial charge in [0.2, 0.25) is 17.7 Å². The van der Waals surface area contributed by atoms with Crippen LogP contribution in [0.3, 0.4) is 0 Å². The number of rotatable bonds is 5. The van der Waals surface area contributed by atoms with Gasteiger partial charge in [0.1, 0.15) is 17.5 Å². The van der Waals surface area contributed by atoms with E-state index in [4.69, 9.17) is 4.74 Å². The quantitative estimate of drug-likeness (QED) is 0.271. The van der Waals surface area contributed by atoms with E-state index in [1.807, 2.05) is 0 Å². The molecule has 2 saturated heterocycles. The van der Waals surface area contributed by atoms with Gasteiger partial charge in [0, 0.05) is 41.6 Å². The fraction of sp³-hybridized carbons (Fsp3) is 0.308. The number of anilines is 1. The van der Waals surface area contributed by atoms with Gasteiger partial charge in [0.05, 0.1) is 34.8 Å². The summed E-state index contributed by atoms with van der Waals surface area (Å²) in [6, 6.07) is 11.6. The molecule has 0 bridgehead atoms. The van der Waals surface area contributed by atoms with E-state index in [2.05, 4.69) is 0 Å². The molecule has 40 heavy (non-hydrogen) atoms. The first kappa shape index (κ1) is 26.2. The van der Waals surface area contributed by atoms with E-state index in [1.165, 1.54) is 34.9 Å². The molecule has 3 aliphatic rings. The number of carbonyl (C=O) groups is 3.